The summed E-state index contributed by atoms with van der Waals surface area (Å²) >= 11 is 1.57. The minimum atomic E-state index is 0.0302. The van der Waals surface area contributed by atoms with E-state index >= 15 is 0 Å². The number of hydrogen-bond acceptors (Lipinski definition) is 7. The number of carbonyl (C=O) groups is 2. The number of amides is 2. The van der Waals surface area contributed by atoms with E-state index in [2.05, 4.69) is 20.4 Å². The van der Waals surface area contributed by atoms with Crippen molar-refractivity contribution >= 4 is 23.2 Å². The highest BCUT2D eigenvalue weighted by atomic mass is 32.1. The van der Waals surface area contributed by atoms with Gasteiger partial charge in [-0.3, -0.25) is 14.5 Å². The second-order valence-corrected chi connectivity index (χ2v) is 7.67. The van der Waals surface area contributed by atoms with Crippen molar-refractivity contribution in [2.24, 2.45) is 0 Å². The number of carbonyl (C=O) groups excluding carboxylic acids is 2. The molecule has 3 rings (SSSR count). The van der Waals surface area contributed by atoms with E-state index in [1.165, 1.54) is 0 Å². The second-order valence-electron chi connectivity index (χ2n) is 6.89. The molecule has 0 aromatic carbocycles. The first-order valence-electron chi connectivity index (χ1n) is 9.15. The van der Waals surface area contributed by atoms with Gasteiger partial charge in [-0.2, -0.15) is 11.3 Å². The zero-order valence-corrected chi connectivity index (χ0v) is 16.5. The zero-order chi connectivity index (χ0) is 19.2. The van der Waals surface area contributed by atoms with Crippen LogP contribution in [-0.4, -0.2) is 70.6 Å². The predicted octanol–water partition coefficient (Wildman–Crippen LogP) is 1.40. The highest BCUT2D eigenvalue weighted by Crippen LogP contribution is 2.20. The highest BCUT2D eigenvalue weighted by Gasteiger charge is 2.23. The summed E-state index contributed by atoms with van der Waals surface area (Å²) in [6.07, 6.45) is 0.784. The van der Waals surface area contributed by atoms with E-state index in [-0.39, 0.29) is 17.9 Å². The van der Waals surface area contributed by atoms with Gasteiger partial charge >= 0.3 is 0 Å². The SMILES string of the molecule is CC(C)NC(=O)CN1CCN(C(=O)CCc2nnc(-c3ccsc3)o2)CC1. The minimum Gasteiger partial charge on any atom is -0.421 e. The topological polar surface area (TPSA) is 91.6 Å². The number of hydrogen-bond donors (Lipinski definition) is 1. The summed E-state index contributed by atoms with van der Waals surface area (Å²) in [6.45, 7) is 6.96. The molecule has 1 aliphatic heterocycles. The first kappa shape index (κ1) is 19.5. The van der Waals surface area contributed by atoms with Crippen LogP contribution in [0.4, 0.5) is 0 Å². The van der Waals surface area contributed by atoms with Gasteiger partial charge in [-0.1, -0.05) is 0 Å². The van der Waals surface area contributed by atoms with Crippen molar-refractivity contribution in [1.82, 2.24) is 25.3 Å². The van der Waals surface area contributed by atoms with Crippen molar-refractivity contribution in [2.75, 3.05) is 32.7 Å². The fourth-order valence-electron chi connectivity index (χ4n) is 2.96. The molecule has 0 spiro atoms. The molecule has 0 unspecified atom stereocenters. The van der Waals surface area contributed by atoms with Crippen molar-refractivity contribution in [3.8, 4) is 11.5 Å². The molecule has 9 heteroatoms. The fourth-order valence-corrected chi connectivity index (χ4v) is 3.59. The Labute approximate surface area is 162 Å². The summed E-state index contributed by atoms with van der Waals surface area (Å²) in [5.41, 5.74) is 0.905. The van der Waals surface area contributed by atoms with Crippen LogP contribution in [0.25, 0.3) is 11.5 Å². The van der Waals surface area contributed by atoms with Crippen LogP contribution < -0.4 is 5.32 Å². The van der Waals surface area contributed by atoms with E-state index in [4.69, 9.17) is 4.42 Å². The summed E-state index contributed by atoms with van der Waals surface area (Å²) in [5.74, 6) is 1.08. The molecule has 0 atom stereocenters. The lowest BCUT2D eigenvalue weighted by atomic mass is 10.2. The Kier molecular flexibility index (Phi) is 6.57. The lowest BCUT2D eigenvalue weighted by Gasteiger charge is -2.34. The molecule has 1 N–H and O–H groups in total. The lowest BCUT2D eigenvalue weighted by Crippen LogP contribution is -2.51. The highest BCUT2D eigenvalue weighted by molar-refractivity contribution is 7.08. The smallest absolute Gasteiger partial charge is 0.248 e. The number of aromatic nitrogens is 2. The van der Waals surface area contributed by atoms with E-state index in [0.29, 0.717) is 57.3 Å². The van der Waals surface area contributed by atoms with Crippen LogP contribution in [0.2, 0.25) is 0 Å². The summed E-state index contributed by atoms with van der Waals surface area (Å²) in [5, 5.41) is 14.8. The molecule has 0 aliphatic carbocycles. The van der Waals surface area contributed by atoms with Gasteiger partial charge in [-0.05, 0) is 25.3 Å². The van der Waals surface area contributed by atoms with Crippen LogP contribution >= 0.6 is 11.3 Å². The van der Waals surface area contributed by atoms with Crippen molar-refractivity contribution in [1.29, 1.82) is 0 Å². The van der Waals surface area contributed by atoms with Gasteiger partial charge < -0.3 is 14.6 Å². The second kappa shape index (κ2) is 9.09. The van der Waals surface area contributed by atoms with Gasteiger partial charge in [0.05, 0.1) is 6.54 Å². The molecule has 2 amide bonds. The Morgan fingerprint density at radius 1 is 1.26 bits per heavy atom. The number of nitrogens with one attached hydrogen (secondary N) is 1. The number of rotatable bonds is 7. The Morgan fingerprint density at radius 2 is 2.04 bits per heavy atom. The van der Waals surface area contributed by atoms with Gasteiger partial charge in [-0.15, -0.1) is 10.2 Å². The third-order valence-corrected chi connectivity index (χ3v) is 5.01. The Balaban J connectivity index is 1.40. The number of aryl methyl sites for hydroxylation is 1. The van der Waals surface area contributed by atoms with Gasteiger partial charge in [0, 0.05) is 56.0 Å². The van der Waals surface area contributed by atoms with Crippen molar-refractivity contribution in [3.63, 3.8) is 0 Å². The van der Waals surface area contributed by atoms with E-state index in [0.717, 1.165) is 5.56 Å². The minimum absolute atomic E-state index is 0.0302. The molecular weight excluding hydrogens is 366 g/mol. The van der Waals surface area contributed by atoms with Crippen molar-refractivity contribution < 1.29 is 14.0 Å². The lowest BCUT2D eigenvalue weighted by molar-refractivity contribution is -0.133. The molecular formula is C18H25N5O3S. The summed E-state index contributed by atoms with van der Waals surface area (Å²) in [6, 6.07) is 2.07. The molecule has 8 nitrogen and oxygen atoms in total. The average molecular weight is 391 g/mol. The summed E-state index contributed by atoms with van der Waals surface area (Å²) in [4.78, 5) is 28.2. The van der Waals surface area contributed by atoms with Crippen LogP contribution in [0, 0.1) is 0 Å². The van der Waals surface area contributed by atoms with Gasteiger partial charge in [0.1, 0.15) is 0 Å². The third-order valence-electron chi connectivity index (χ3n) is 4.33. The molecule has 27 heavy (non-hydrogen) atoms. The largest absolute Gasteiger partial charge is 0.421 e. The molecule has 1 fully saturated rings. The van der Waals surface area contributed by atoms with Crippen LogP contribution in [0.3, 0.4) is 0 Å². The molecule has 0 bridgehead atoms. The molecule has 0 saturated carbocycles. The molecule has 0 radical (unpaired) electrons. The molecule has 3 heterocycles. The monoisotopic (exact) mass is 391 g/mol. The molecule has 1 aliphatic rings. The molecule has 2 aromatic rings. The maximum atomic E-state index is 12.4. The molecule has 1 saturated heterocycles. The first-order valence-corrected chi connectivity index (χ1v) is 10.1. The quantitative estimate of drug-likeness (QED) is 0.767. The van der Waals surface area contributed by atoms with E-state index in [1.807, 2.05) is 35.6 Å². The first-order chi connectivity index (χ1) is 13.0. The Hall–Kier alpha value is -2.26. The zero-order valence-electron chi connectivity index (χ0n) is 15.7. The Morgan fingerprint density at radius 3 is 2.70 bits per heavy atom. The van der Waals surface area contributed by atoms with Crippen LogP contribution in [0.1, 0.15) is 26.2 Å². The van der Waals surface area contributed by atoms with Crippen LogP contribution in [-0.2, 0) is 16.0 Å². The third kappa shape index (κ3) is 5.61. The fraction of sp³-hybridized carbons (Fsp3) is 0.556. The van der Waals surface area contributed by atoms with Crippen LogP contribution in [0.5, 0.6) is 0 Å². The number of nitrogens with zero attached hydrogens (tertiary/aromatic N) is 4. The summed E-state index contributed by atoms with van der Waals surface area (Å²) in [7, 11) is 0. The van der Waals surface area contributed by atoms with Crippen LogP contribution in [0.15, 0.2) is 21.2 Å². The maximum Gasteiger partial charge on any atom is 0.248 e. The maximum absolute atomic E-state index is 12.4. The number of thiophene rings is 1. The standard InChI is InChI=1S/C18H25N5O3S/c1-13(2)19-15(24)11-22-6-8-23(9-7-22)17(25)4-3-16-20-21-18(26-16)14-5-10-27-12-14/h5,10,12-13H,3-4,6-9,11H2,1-2H3,(H,19,24). The normalized spacial score (nSPS) is 15.3. The molecule has 146 valence electrons. The summed E-state index contributed by atoms with van der Waals surface area (Å²) < 4.78 is 5.62. The predicted molar refractivity (Wildman–Crippen MR) is 102 cm³/mol. The van der Waals surface area contributed by atoms with Crippen molar-refractivity contribution in [3.05, 3.63) is 22.7 Å². The average Bonchev–Trinajstić information content (AvgIpc) is 3.31. The van der Waals surface area contributed by atoms with Gasteiger partial charge in [0.15, 0.2) is 0 Å². The molecule has 2 aromatic heterocycles. The Bertz CT molecular complexity index is 751. The van der Waals surface area contributed by atoms with E-state index in [1.54, 1.807) is 11.3 Å². The van der Waals surface area contributed by atoms with Crippen molar-refractivity contribution in [2.45, 2.75) is 32.7 Å². The van der Waals surface area contributed by atoms with E-state index in [9.17, 15) is 9.59 Å². The van der Waals surface area contributed by atoms with E-state index < -0.39 is 0 Å². The number of piperazine rings is 1. The van der Waals surface area contributed by atoms with Gasteiger partial charge in [0.25, 0.3) is 0 Å². The van der Waals surface area contributed by atoms with Gasteiger partial charge in [-0.25, -0.2) is 0 Å². The van der Waals surface area contributed by atoms with Gasteiger partial charge in [0.2, 0.25) is 23.6 Å².